The third kappa shape index (κ3) is 2.60. The van der Waals surface area contributed by atoms with Gasteiger partial charge in [0.15, 0.2) is 0 Å². The maximum Gasteiger partial charge on any atom is 0.113 e. The van der Waals surface area contributed by atoms with Gasteiger partial charge in [-0.3, -0.25) is 0 Å². The molecule has 1 atom stereocenters. The van der Waals surface area contributed by atoms with Crippen molar-refractivity contribution in [2.24, 2.45) is 7.05 Å². The molecule has 0 radical (unpaired) electrons. The van der Waals surface area contributed by atoms with E-state index in [0.717, 1.165) is 17.6 Å². The third-order valence-corrected chi connectivity index (χ3v) is 4.30. The van der Waals surface area contributed by atoms with E-state index in [1.165, 1.54) is 29.9 Å². The summed E-state index contributed by atoms with van der Waals surface area (Å²) < 4.78 is 3.34. The lowest BCUT2D eigenvalue weighted by Gasteiger charge is -2.22. The second kappa shape index (κ2) is 5.47. The quantitative estimate of drug-likeness (QED) is 0.920. The maximum absolute atomic E-state index is 4.65. The van der Waals surface area contributed by atoms with Crippen molar-refractivity contribution in [3.8, 4) is 11.3 Å². The summed E-state index contributed by atoms with van der Waals surface area (Å²) in [5, 5.41) is 3.46. The van der Waals surface area contributed by atoms with E-state index >= 15 is 0 Å². The Labute approximate surface area is 122 Å². The number of piperidine rings is 1. The first kappa shape index (κ1) is 12.9. The summed E-state index contributed by atoms with van der Waals surface area (Å²) in [4.78, 5) is 4.65. The van der Waals surface area contributed by atoms with E-state index in [-0.39, 0.29) is 0 Å². The van der Waals surface area contributed by atoms with E-state index in [2.05, 4.69) is 56.0 Å². The molecule has 0 amide bonds. The van der Waals surface area contributed by atoms with Crippen LogP contribution in [0, 0.1) is 0 Å². The predicted octanol–water partition coefficient (Wildman–Crippen LogP) is 3.32. The smallest absolute Gasteiger partial charge is 0.113 e. The molecule has 100 valence electrons. The van der Waals surface area contributed by atoms with Crippen LogP contribution in [0.1, 0.15) is 24.6 Å². The molecule has 3 nitrogen and oxygen atoms in total. The highest BCUT2D eigenvalue weighted by Gasteiger charge is 2.20. The van der Waals surface area contributed by atoms with Gasteiger partial charge in [-0.15, -0.1) is 0 Å². The molecule has 1 aliphatic heterocycles. The van der Waals surface area contributed by atoms with E-state index in [9.17, 15) is 0 Å². The normalized spacial score (nSPS) is 19.6. The Hall–Kier alpha value is -1.13. The van der Waals surface area contributed by atoms with E-state index < -0.39 is 0 Å². The first-order valence-electron chi connectivity index (χ1n) is 6.74. The zero-order valence-electron chi connectivity index (χ0n) is 11.1. The summed E-state index contributed by atoms with van der Waals surface area (Å²) >= 11 is 3.53. The molecule has 0 spiro atoms. The van der Waals surface area contributed by atoms with E-state index in [1.807, 2.05) is 12.3 Å². The predicted molar refractivity (Wildman–Crippen MR) is 81.2 cm³/mol. The molecule has 0 bridgehead atoms. The highest BCUT2D eigenvalue weighted by molar-refractivity contribution is 9.10. The zero-order chi connectivity index (χ0) is 13.2. The number of aromatic nitrogens is 2. The fraction of sp³-hybridized carbons (Fsp3) is 0.400. The number of nitrogens with one attached hydrogen (secondary N) is 1. The number of nitrogens with zero attached hydrogens (tertiary/aromatic N) is 2. The molecule has 1 saturated heterocycles. The summed E-state index contributed by atoms with van der Waals surface area (Å²) in [5.41, 5.74) is 2.39. The van der Waals surface area contributed by atoms with E-state index in [0.29, 0.717) is 5.92 Å². The SMILES string of the molecule is Cn1c(-c2cccc(Br)c2)cnc1C1CCCNC1. The molecule has 1 aromatic heterocycles. The number of hydrogen-bond acceptors (Lipinski definition) is 2. The van der Waals surface area contributed by atoms with Crippen LogP contribution in [0.5, 0.6) is 0 Å². The fourth-order valence-corrected chi connectivity index (χ4v) is 3.19. The standard InChI is InChI=1S/C15H18BrN3/c1-19-14(11-4-2-6-13(16)8-11)10-18-15(19)12-5-3-7-17-9-12/h2,4,6,8,10,12,17H,3,5,7,9H2,1H3. The minimum absolute atomic E-state index is 0.541. The maximum atomic E-state index is 4.65. The molecule has 1 aliphatic rings. The third-order valence-electron chi connectivity index (χ3n) is 3.81. The Morgan fingerprint density at radius 3 is 3.05 bits per heavy atom. The van der Waals surface area contributed by atoms with Crippen LogP contribution >= 0.6 is 15.9 Å². The molecule has 1 N–H and O–H groups in total. The van der Waals surface area contributed by atoms with Crippen LogP contribution in [0.2, 0.25) is 0 Å². The van der Waals surface area contributed by atoms with Crippen LogP contribution in [0.25, 0.3) is 11.3 Å². The van der Waals surface area contributed by atoms with Crippen LogP contribution in [0.3, 0.4) is 0 Å². The van der Waals surface area contributed by atoms with Crippen molar-refractivity contribution in [3.05, 3.63) is 40.8 Å². The van der Waals surface area contributed by atoms with Crippen LogP contribution in [0.4, 0.5) is 0 Å². The van der Waals surface area contributed by atoms with Gasteiger partial charge in [0.1, 0.15) is 5.82 Å². The van der Waals surface area contributed by atoms with Crippen molar-refractivity contribution < 1.29 is 0 Å². The van der Waals surface area contributed by atoms with Crippen LogP contribution in [-0.2, 0) is 7.05 Å². The minimum Gasteiger partial charge on any atom is -0.331 e. The summed E-state index contributed by atoms with van der Waals surface area (Å²) in [6, 6.07) is 8.38. The Morgan fingerprint density at radius 1 is 1.42 bits per heavy atom. The lowest BCUT2D eigenvalue weighted by atomic mass is 9.99. The Balaban J connectivity index is 1.94. The summed E-state index contributed by atoms with van der Waals surface area (Å²) in [6.07, 6.45) is 4.46. The van der Waals surface area contributed by atoms with Gasteiger partial charge in [0.25, 0.3) is 0 Å². The van der Waals surface area contributed by atoms with E-state index in [4.69, 9.17) is 0 Å². The molecule has 19 heavy (non-hydrogen) atoms. The number of benzene rings is 1. The highest BCUT2D eigenvalue weighted by atomic mass is 79.9. The van der Waals surface area contributed by atoms with Crippen LogP contribution in [-0.4, -0.2) is 22.6 Å². The number of rotatable bonds is 2. The average molecular weight is 320 g/mol. The van der Waals surface area contributed by atoms with Gasteiger partial charge in [0.05, 0.1) is 11.9 Å². The molecule has 3 rings (SSSR count). The minimum atomic E-state index is 0.541. The zero-order valence-corrected chi connectivity index (χ0v) is 12.7. The molecule has 0 aliphatic carbocycles. The molecule has 1 aromatic carbocycles. The first-order chi connectivity index (χ1) is 9.25. The second-order valence-corrected chi connectivity index (χ2v) is 6.03. The number of imidazole rings is 1. The molecule has 1 fully saturated rings. The summed E-state index contributed by atoms with van der Waals surface area (Å²) in [5.74, 6) is 1.74. The van der Waals surface area contributed by atoms with Gasteiger partial charge in [-0.2, -0.15) is 0 Å². The monoisotopic (exact) mass is 319 g/mol. The topological polar surface area (TPSA) is 29.9 Å². The van der Waals surface area contributed by atoms with Gasteiger partial charge in [0, 0.05) is 29.5 Å². The van der Waals surface area contributed by atoms with Crippen LogP contribution in [0.15, 0.2) is 34.9 Å². The first-order valence-corrected chi connectivity index (χ1v) is 7.53. The van der Waals surface area contributed by atoms with Gasteiger partial charge in [-0.1, -0.05) is 28.1 Å². The average Bonchev–Trinajstić information content (AvgIpc) is 2.81. The van der Waals surface area contributed by atoms with Gasteiger partial charge >= 0.3 is 0 Å². The van der Waals surface area contributed by atoms with Crippen molar-refractivity contribution in [3.63, 3.8) is 0 Å². The molecule has 0 saturated carbocycles. The van der Waals surface area contributed by atoms with Gasteiger partial charge < -0.3 is 9.88 Å². The largest absolute Gasteiger partial charge is 0.331 e. The molecular formula is C15H18BrN3. The Morgan fingerprint density at radius 2 is 2.32 bits per heavy atom. The fourth-order valence-electron chi connectivity index (χ4n) is 2.79. The molecule has 2 aromatic rings. The number of halogens is 1. The Kier molecular flexibility index (Phi) is 3.71. The van der Waals surface area contributed by atoms with Crippen molar-refractivity contribution in [2.45, 2.75) is 18.8 Å². The number of hydrogen-bond donors (Lipinski definition) is 1. The lowest BCUT2D eigenvalue weighted by Crippen LogP contribution is -2.29. The lowest BCUT2D eigenvalue weighted by molar-refractivity contribution is 0.439. The molecular weight excluding hydrogens is 302 g/mol. The summed E-state index contributed by atoms with van der Waals surface area (Å²) in [7, 11) is 2.12. The highest BCUT2D eigenvalue weighted by Crippen LogP contribution is 2.28. The van der Waals surface area contributed by atoms with Gasteiger partial charge in [-0.05, 0) is 31.5 Å². The molecule has 1 unspecified atom stereocenters. The second-order valence-electron chi connectivity index (χ2n) is 5.11. The van der Waals surface area contributed by atoms with Crippen molar-refractivity contribution in [2.75, 3.05) is 13.1 Å². The van der Waals surface area contributed by atoms with Crippen molar-refractivity contribution in [1.29, 1.82) is 0 Å². The van der Waals surface area contributed by atoms with Crippen LogP contribution < -0.4 is 5.32 Å². The Bertz CT molecular complexity index is 571. The molecule has 2 heterocycles. The van der Waals surface area contributed by atoms with Crippen molar-refractivity contribution >= 4 is 15.9 Å². The molecule has 4 heteroatoms. The van der Waals surface area contributed by atoms with Gasteiger partial charge in [-0.25, -0.2) is 4.98 Å². The van der Waals surface area contributed by atoms with Gasteiger partial charge in [0.2, 0.25) is 0 Å². The summed E-state index contributed by atoms with van der Waals surface area (Å²) in [6.45, 7) is 2.18. The van der Waals surface area contributed by atoms with Crippen molar-refractivity contribution in [1.82, 2.24) is 14.9 Å². The van der Waals surface area contributed by atoms with E-state index in [1.54, 1.807) is 0 Å².